The molecule has 1 unspecified atom stereocenters. The minimum atomic E-state index is -7.14. The van der Waals surface area contributed by atoms with Crippen LogP contribution in [-0.4, -0.2) is 43.8 Å². The lowest BCUT2D eigenvalue weighted by Gasteiger charge is -2.35. The van der Waals surface area contributed by atoms with E-state index >= 15 is 0 Å². The van der Waals surface area contributed by atoms with Crippen LogP contribution in [0.25, 0.3) is 6.08 Å². The van der Waals surface area contributed by atoms with E-state index in [2.05, 4.69) is 4.18 Å². The van der Waals surface area contributed by atoms with Crippen molar-refractivity contribution in [1.82, 2.24) is 0 Å². The molecule has 204 valence electrons. The zero-order chi connectivity index (χ0) is 28.0. The summed E-state index contributed by atoms with van der Waals surface area (Å²) >= 11 is 0. The second-order valence-corrected chi connectivity index (χ2v) is 12.0. The predicted molar refractivity (Wildman–Crippen MR) is 113 cm³/mol. The second kappa shape index (κ2) is 9.20. The van der Waals surface area contributed by atoms with Gasteiger partial charge in [-0.15, -0.1) is 0 Å². The normalized spacial score (nSPS) is 21.5. The van der Waals surface area contributed by atoms with Gasteiger partial charge < -0.3 is 8.92 Å². The van der Waals surface area contributed by atoms with Crippen LogP contribution in [0.15, 0.2) is 30.5 Å². The molecule has 0 heterocycles. The van der Waals surface area contributed by atoms with Gasteiger partial charge in [0, 0.05) is 0 Å². The lowest BCUT2D eigenvalue weighted by atomic mass is 9.69. The molecule has 0 radical (unpaired) electrons. The summed E-state index contributed by atoms with van der Waals surface area (Å²) in [6.45, 7) is 5.63. The SMILES string of the molecule is CC1(C)CCCC1(C)C(=O)O/C=C/c1ccc(OS(=O)(=O)C(F)(F)C(F)(F)C(F)(F)S(=O)(=O)O)cc1. The molecule has 1 aliphatic rings. The third-order valence-electron chi connectivity index (χ3n) is 6.31. The monoisotopic (exact) mass is 568 g/mol. The molecular weight excluding hydrogens is 546 g/mol. The highest BCUT2D eigenvalue weighted by Gasteiger charge is 2.83. The topological polar surface area (TPSA) is 124 Å². The molecule has 0 spiro atoms. The van der Waals surface area contributed by atoms with Gasteiger partial charge in [0.15, 0.2) is 0 Å². The van der Waals surface area contributed by atoms with Crippen LogP contribution in [0.2, 0.25) is 0 Å². The third-order valence-corrected chi connectivity index (χ3v) is 8.51. The Labute approximate surface area is 203 Å². The first-order valence-corrected chi connectivity index (χ1v) is 12.9. The minimum absolute atomic E-state index is 0.207. The van der Waals surface area contributed by atoms with Crippen LogP contribution in [0.4, 0.5) is 26.3 Å². The zero-order valence-electron chi connectivity index (χ0n) is 19.0. The number of rotatable bonds is 9. The van der Waals surface area contributed by atoms with Gasteiger partial charge in [-0.1, -0.05) is 32.4 Å². The zero-order valence-corrected chi connectivity index (χ0v) is 20.6. The summed E-state index contributed by atoms with van der Waals surface area (Å²) in [6.07, 6.45) is 4.54. The number of carbonyl (C=O) groups is 1. The van der Waals surface area contributed by atoms with E-state index in [1.165, 1.54) is 6.08 Å². The largest absolute Gasteiger partial charge is 0.450 e. The number of carbonyl (C=O) groups excluding carboxylic acids is 1. The number of alkyl halides is 6. The van der Waals surface area contributed by atoms with Crippen molar-refractivity contribution < 1.29 is 61.4 Å². The first-order chi connectivity index (χ1) is 16.0. The van der Waals surface area contributed by atoms with Crippen LogP contribution in [-0.2, 0) is 29.8 Å². The summed E-state index contributed by atoms with van der Waals surface area (Å²) in [5.41, 5.74) is -0.825. The van der Waals surface area contributed by atoms with E-state index in [1.54, 1.807) is 6.92 Å². The van der Waals surface area contributed by atoms with Gasteiger partial charge in [0.1, 0.15) is 5.75 Å². The lowest BCUT2D eigenvalue weighted by molar-refractivity contribution is -0.247. The summed E-state index contributed by atoms with van der Waals surface area (Å²) in [4.78, 5) is 12.5. The first kappa shape index (κ1) is 29.9. The highest BCUT2D eigenvalue weighted by molar-refractivity contribution is 7.88. The molecule has 0 amide bonds. The van der Waals surface area contributed by atoms with Crippen molar-refractivity contribution in [2.75, 3.05) is 0 Å². The Morgan fingerprint density at radius 2 is 1.47 bits per heavy atom. The molecule has 0 aliphatic heterocycles. The summed E-state index contributed by atoms with van der Waals surface area (Å²) < 4.78 is 143. The quantitative estimate of drug-likeness (QED) is 0.148. The average molecular weight is 569 g/mol. The summed E-state index contributed by atoms with van der Waals surface area (Å²) in [7, 11) is -14.0. The Kier molecular flexibility index (Phi) is 7.64. The van der Waals surface area contributed by atoms with Crippen LogP contribution in [0, 0.1) is 10.8 Å². The van der Waals surface area contributed by atoms with E-state index in [4.69, 9.17) is 9.29 Å². The number of esters is 1. The van der Waals surface area contributed by atoms with Gasteiger partial charge in [0.25, 0.3) is 0 Å². The number of benzene rings is 1. The lowest BCUT2D eigenvalue weighted by Crippen LogP contribution is -2.61. The van der Waals surface area contributed by atoms with Gasteiger partial charge in [-0.05, 0) is 49.0 Å². The molecule has 1 saturated carbocycles. The van der Waals surface area contributed by atoms with Crippen molar-refractivity contribution >= 4 is 32.3 Å². The van der Waals surface area contributed by atoms with Crippen molar-refractivity contribution in [3.8, 4) is 5.75 Å². The summed E-state index contributed by atoms with van der Waals surface area (Å²) in [6, 6.07) is 3.43. The molecule has 8 nitrogen and oxygen atoms in total. The van der Waals surface area contributed by atoms with E-state index in [9.17, 15) is 48.0 Å². The Morgan fingerprint density at radius 3 is 1.92 bits per heavy atom. The van der Waals surface area contributed by atoms with E-state index in [-0.39, 0.29) is 11.0 Å². The molecule has 2 rings (SSSR count). The number of halogens is 6. The van der Waals surface area contributed by atoms with Gasteiger partial charge in [-0.3, -0.25) is 9.35 Å². The molecule has 0 aromatic heterocycles. The highest BCUT2D eigenvalue weighted by atomic mass is 32.2. The Bertz CT molecular complexity index is 1240. The standard InChI is InChI=1S/C20H22F6O8S2/c1-16(2)10-4-11-17(16,3)15(27)33-12-9-13-5-7-14(8-6-13)34-36(31,32)20(25,26)18(21,22)19(23,24)35(28,29)30/h5-9,12H,4,10-11H2,1-3H3,(H,28,29,30)/b12-9+. The number of ether oxygens (including phenoxy) is 1. The van der Waals surface area contributed by atoms with Crippen molar-refractivity contribution in [1.29, 1.82) is 0 Å². The van der Waals surface area contributed by atoms with Gasteiger partial charge in [0.2, 0.25) is 0 Å². The van der Waals surface area contributed by atoms with Crippen LogP contribution < -0.4 is 4.18 Å². The number of hydrogen-bond acceptors (Lipinski definition) is 7. The Balaban J connectivity index is 2.16. The highest BCUT2D eigenvalue weighted by Crippen LogP contribution is 2.53. The molecule has 16 heteroatoms. The summed E-state index contributed by atoms with van der Waals surface area (Å²) in [5.74, 6) is -8.61. The Hall–Kier alpha value is -2.33. The van der Waals surface area contributed by atoms with Crippen LogP contribution in [0.1, 0.15) is 45.6 Å². The van der Waals surface area contributed by atoms with Gasteiger partial charge in [0.05, 0.1) is 11.7 Å². The van der Waals surface area contributed by atoms with E-state index in [0.29, 0.717) is 18.6 Å². The minimum Gasteiger partial charge on any atom is -0.434 e. The van der Waals surface area contributed by atoms with Crippen molar-refractivity contribution in [3.63, 3.8) is 0 Å². The number of hydrogen-bond donors (Lipinski definition) is 1. The van der Waals surface area contributed by atoms with E-state index < -0.39 is 53.8 Å². The third kappa shape index (κ3) is 4.94. The van der Waals surface area contributed by atoms with E-state index in [0.717, 1.165) is 31.2 Å². The van der Waals surface area contributed by atoms with Gasteiger partial charge in [-0.25, -0.2) is 0 Å². The molecule has 1 atom stereocenters. The maximum atomic E-state index is 13.8. The fourth-order valence-electron chi connectivity index (χ4n) is 3.48. The second-order valence-electron chi connectivity index (χ2n) is 8.97. The Morgan fingerprint density at radius 1 is 0.944 bits per heavy atom. The molecule has 36 heavy (non-hydrogen) atoms. The van der Waals surface area contributed by atoms with Crippen molar-refractivity contribution in [2.24, 2.45) is 10.8 Å². The maximum Gasteiger partial charge on any atom is 0.450 e. The fourth-order valence-corrected chi connectivity index (χ4v) is 4.91. The molecule has 1 aromatic carbocycles. The van der Waals surface area contributed by atoms with Crippen LogP contribution in [0.5, 0.6) is 5.75 Å². The van der Waals surface area contributed by atoms with E-state index in [1.807, 2.05) is 13.8 Å². The van der Waals surface area contributed by atoms with Gasteiger partial charge in [-0.2, -0.15) is 43.2 Å². The maximum absolute atomic E-state index is 13.8. The molecule has 1 N–H and O–H groups in total. The van der Waals surface area contributed by atoms with Gasteiger partial charge >= 0.3 is 42.6 Å². The molecule has 0 saturated heterocycles. The van der Waals surface area contributed by atoms with Crippen molar-refractivity contribution in [3.05, 3.63) is 36.1 Å². The molecule has 1 fully saturated rings. The first-order valence-electron chi connectivity index (χ1n) is 10.1. The van der Waals surface area contributed by atoms with Crippen LogP contribution in [0.3, 0.4) is 0 Å². The van der Waals surface area contributed by atoms with Crippen LogP contribution >= 0.6 is 0 Å². The predicted octanol–water partition coefficient (Wildman–Crippen LogP) is 4.83. The fraction of sp³-hybridized carbons (Fsp3) is 0.550. The summed E-state index contributed by atoms with van der Waals surface area (Å²) in [5, 5.41) is -13.6. The molecular formula is C20H22F6O8S2. The molecule has 0 bridgehead atoms. The molecule has 1 aromatic rings. The molecule has 1 aliphatic carbocycles. The smallest absolute Gasteiger partial charge is 0.434 e. The van der Waals surface area contributed by atoms with Crippen molar-refractivity contribution in [2.45, 2.75) is 56.5 Å². The average Bonchev–Trinajstić information content (AvgIpc) is 3.01.